The summed E-state index contributed by atoms with van der Waals surface area (Å²) < 4.78 is 14.9. The lowest BCUT2D eigenvalue weighted by Gasteiger charge is -2.12. The molecule has 1 aliphatic heterocycles. The zero-order valence-electron chi connectivity index (χ0n) is 15.9. The molecule has 146 valence electrons. The van der Waals surface area contributed by atoms with Gasteiger partial charge >= 0.3 is 0 Å². The molecule has 2 nitrogen and oxygen atoms in total. The lowest BCUT2D eigenvalue weighted by atomic mass is 10.0. The fourth-order valence-electron chi connectivity index (χ4n) is 4.22. The molecule has 5 aromatic rings. The molecular weight excluding hydrogens is 504 g/mol. The second-order valence-corrected chi connectivity index (χ2v) is 9.44. The predicted octanol–water partition coefficient (Wildman–Crippen LogP) is 8.45. The Kier molecular flexibility index (Phi) is 4.25. The summed E-state index contributed by atoms with van der Waals surface area (Å²) in [6.45, 7) is 0. The first-order valence-electron chi connectivity index (χ1n) is 9.82. The normalized spacial score (nSPS) is 15.5. The fourth-order valence-corrected chi connectivity index (χ4v) is 4.75. The predicted molar refractivity (Wildman–Crippen MR) is 128 cm³/mol. The van der Waals surface area contributed by atoms with Gasteiger partial charge in [0.25, 0.3) is 0 Å². The van der Waals surface area contributed by atoms with E-state index in [-0.39, 0.29) is 6.10 Å². The van der Waals surface area contributed by atoms with E-state index in [1.54, 1.807) is 0 Å². The largest absolute Gasteiger partial charge is 0.484 e. The average Bonchev–Trinajstić information content (AvgIpc) is 3.39. The number of hydrogen-bond acceptors (Lipinski definition) is 2. The van der Waals surface area contributed by atoms with Crippen LogP contribution in [-0.4, -0.2) is 0 Å². The third-order valence-electron chi connectivity index (χ3n) is 5.75. The number of benzene rings is 4. The molecule has 0 saturated carbocycles. The van der Waals surface area contributed by atoms with Crippen molar-refractivity contribution in [3.63, 3.8) is 0 Å². The molecule has 0 saturated heterocycles. The van der Waals surface area contributed by atoms with Crippen LogP contribution in [0.15, 0.2) is 92.2 Å². The molecule has 1 atom stereocenters. The lowest BCUT2D eigenvalue weighted by Crippen LogP contribution is -2.02. The Labute approximate surface area is 190 Å². The lowest BCUT2D eigenvalue weighted by molar-refractivity contribution is 0.241. The quantitative estimate of drug-likeness (QED) is 0.233. The van der Waals surface area contributed by atoms with Crippen molar-refractivity contribution in [2.75, 3.05) is 0 Å². The van der Waals surface area contributed by atoms with Crippen LogP contribution in [0.5, 0.6) is 5.75 Å². The second-order valence-electron chi connectivity index (χ2n) is 7.61. The maximum Gasteiger partial charge on any atom is 0.142 e. The van der Waals surface area contributed by atoms with E-state index in [1.165, 1.54) is 11.1 Å². The van der Waals surface area contributed by atoms with Crippen molar-refractivity contribution in [1.29, 1.82) is 0 Å². The fraction of sp³-hybridized carbons (Fsp3) is 0.0769. The summed E-state index contributed by atoms with van der Waals surface area (Å²) in [6.07, 6.45) is 0.928. The zero-order chi connectivity index (χ0) is 20.2. The summed E-state index contributed by atoms with van der Waals surface area (Å²) >= 11 is 7.00. The van der Waals surface area contributed by atoms with E-state index >= 15 is 0 Å². The number of furan rings is 1. The highest BCUT2D eigenvalue weighted by atomic mass is 79.9. The molecule has 0 N–H and O–H groups in total. The minimum absolute atomic E-state index is 0.0457. The van der Waals surface area contributed by atoms with Crippen LogP contribution in [0.25, 0.3) is 33.1 Å². The van der Waals surface area contributed by atoms with E-state index in [4.69, 9.17) is 9.15 Å². The summed E-state index contributed by atoms with van der Waals surface area (Å²) in [5.41, 5.74) is 4.41. The summed E-state index contributed by atoms with van der Waals surface area (Å²) in [4.78, 5) is 0. The summed E-state index contributed by atoms with van der Waals surface area (Å²) in [7, 11) is 0. The first-order chi connectivity index (χ1) is 14.7. The van der Waals surface area contributed by atoms with E-state index in [9.17, 15) is 0 Å². The van der Waals surface area contributed by atoms with Gasteiger partial charge in [0, 0.05) is 37.1 Å². The van der Waals surface area contributed by atoms with Crippen molar-refractivity contribution < 1.29 is 9.15 Å². The Bertz CT molecular complexity index is 1400. The van der Waals surface area contributed by atoms with Crippen LogP contribution < -0.4 is 4.74 Å². The van der Waals surface area contributed by atoms with Crippen LogP contribution in [0.1, 0.15) is 17.2 Å². The summed E-state index contributed by atoms with van der Waals surface area (Å²) in [6, 6.07) is 27.3. The number of ether oxygens (including phenoxy) is 1. The van der Waals surface area contributed by atoms with E-state index in [0.717, 1.165) is 54.2 Å². The van der Waals surface area contributed by atoms with Gasteiger partial charge in [0.2, 0.25) is 0 Å². The molecule has 2 heterocycles. The Morgan fingerprint density at radius 1 is 0.733 bits per heavy atom. The van der Waals surface area contributed by atoms with Gasteiger partial charge in [-0.3, -0.25) is 0 Å². The van der Waals surface area contributed by atoms with Gasteiger partial charge in [0.15, 0.2) is 0 Å². The van der Waals surface area contributed by atoms with Gasteiger partial charge in [0.1, 0.15) is 23.2 Å². The molecule has 0 radical (unpaired) electrons. The molecule has 4 aromatic carbocycles. The van der Waals surface area contributed by atoms with Crippen molar-refractivity contribution >= 4 is 53.6 Å². The molecule has 6 rings (SSSR count). The summed E-state index contributed by atoms with van der Waals surface area (Å²) in [5.74, 6) is 1.85. The molecule has 30 heavy (non-hydrogen) atoms. The minimum atomic E-state index is 0.0457. The van der Waals surface area contributed by atoms with Crippen molar-refractivity contribution in [1.82, 2.24) is 0 Å². The third-order valence-corrected chi connectivity index (χ3v) is 6.81. The van der Waals surface area contributed by atoms with Crippen LogP contribution in [0.2, 0.25) is 0 Å². The third kappa shape index (κ3) is 2.98. The van der Waals surface area contributed by atoms with Crippen LogP contribution in [-0.2, 0) is 6.42 Å². The Balaban J connectivity index is 1.44. The van der Waals surface area contributed by atoms with Gasteiger partial charge in [-0.05, 0) is 47.5 Å². The van der Waals surface area contributed by atoms with Gasteiger partial charge in [-0.1, -0.05) is 74.3 Å². The Morgan fingerprint density at radius 3 is 2.20 bits per heavy atom. The molecule has 1 aliphatic rings. The van der Waals surface area contributed by atoms with Crippen LogP contribution in [0, 0.1) is 0 Å². The molecule has 1 unspecified atom stereocenters. The molecule has 0 aliphatic carbocycles. The van der Waals surface area contributed by atoms with Crippen molar-refractivity contribution in [3.8, 4) is 17.1 Å². The van der Waals surface area contributed by atoms with E-state index in [2.05, 4.69) is 98.6 Å². The number of halogens is 2. The van der Waals surface area contributed by atoms with Crippen LogP contribution in [0.3, 0.4) is 0 Å². The summed E-state index contributed by atoms with van der Waals surface area (Å²) in [5, 5.41) is 3.30. The monoisotopic (exact) mass is 518 g/mol. The Morgan fingerprint density at radius 2 is 1.43 bits per heavy atom. The first kappa shape index (κ1) is 18.2. The average molecular weight is 520 g/mol. The molecule has 0 amide bonds. The molecule has 0 spiro atoms. The maximum atomic E-state index is 6.44. The number of fused-ring (bicyclic) bond motifs is 5. The first-order valence-corrected chi connectivity index (χ1v) is 11.4. The van der Waals surface area contributed by atoms with E-state index in [1.807, 2.05) is 12.1 Å². The molecule has 0 bridgehead atoms. The molecule has 1 aromatic heterocycles. The van der Waals surface area contributed by atoms with Gasteiger partial charge in [-0.15, -0.1) is 0 Å². The van der Waals surface area contributed by atoms with Gasteiger partial charge in [-0.2, -0.15) is 0 Å². The highest BCUT2D eigenvalue weighted by molar-refractivity contribution is 9.10. The SMILES string of the molecule is Brc1ccc(-c2cc3ccc4c5c(ccc4c3o2)CC(c2ccc(Br)cc2)O5)cc1. The van der Waals surface area contributed by atoms with Crippen LogP contribution >= 0.6 is 31.9 Å². The smallest absolute Gasteiger partial charge is 0.142 e. The van der Waals surface area contributed by atoms with Gasteiger partial charge < -0.3 is 9.15 Å². The minimum Gasteiger partial charge on any atom is -0.484 e. The van der Waals surface area contributed by atoms with Crippen molar-refractivity contribution in [3.05, 3.63) is 98.9 Å². The number of hydrogen-bond donors (Lipinski definition) is 0. The molecule has 4 heteroatoms. The molecule has 0 fully saturated rings. The van der Waals surface area contributed by atoms with Crippen molar-refractivity contribution in [2.24, 2.45) is 0 Å². The van der Waals surface area contributed by atoms with Gasteiger partial charge in [0.05, 0.1) is 0 Å². The van der Waals surface area contributed by atoms with Gasteiger partial charge in [-0.25, -0.2) is 0 Å². The zero-order valence-corrected chi connectivity index (χ0v) is 19.0. The van der Waals surface area contributed by atoms with Crippen molar-refractivity contribution in [2.45, 2.75) is 12.5 Å². The Hall–Kier alpha value is -2.56. The number of rotatable bonds is 2. The highest BCUT2D eigenvalue weighted by Gasteiger charge is 2.27. The second kappa shape index (κ2) is 7.00. The van der Waals surface area contributed by atoms with E-state index in [0.29, 0.717) is 0 Å². The standard InChI is InChI=1S/C26H16Br2O2/c27-19-7-1-15(2-8-19)23-13-17-5-11-22-21(25(17)29-23)12-6-18-14-24(30-26(18)22)16-3-9-20(28)10-4-16/h1-13,24H,14H2. The van der Waals surface area contributed by atoms with E-state index < -0.39 is 0 Å². The van der Waals surface area contributed by atoms with Crippen LogP contribution in [0.4, 0.5) is 0 Å². The maximum absolute atomic E-state index is 6.44. The molecular formula is C26H16Br2O2. The highest BCUT2D eigenvalue weighted by Crippen LogP contribution is 2.44. The topological polar surface area (TPSA) is 22.4 Å².